The molecule has 0 unspecified atom stereocenters. The molecular formula is C8H10N6S. The zero-order valence-corrected chi connectivity index (χ0v) is 8.88. The third kappa shape index (κ3) is 2.45. The molecule has 0 aliphatic carbocycles. The van der Waals surface area contributed by atoms with E-state index in [1.165, 1.54) is 11.8 Å². The molecule has 6 nitrogen and oxygen atoms in total. The smallest absolute Gasteiger partial charge is 0.171 e. The second-order valence-electron chi connectivity index (χ2n) is 2.78. The van der Waals surface area contributed by atoms with Gasteiger partial charge in [0.25, 0.3) is 0 Å². The summed E-state index contributed by atoms with van der Waals surface area (Å²) in [5, 5.41) is 1.58. The number of anilines is 1. The molecule has 7 heteroatoms. The Labute approximate surface area is 90.7 Å². The third-order valence-corrected chi connectivity index (χ3v) is 2.47. The quantitative estimate of drug-likeness (QED) is 0.406. The normalized spacial score (nSPS) is 10.3. The largest absolute Gasteiger partial charge is 0.339 e. The van der Waals surface area contributed by atoms with Crippen LogP contribution in [-0.2, 0) is 0 Å². The van der Waals surface area contributed by atoms with Crippen molar-refractivity contribution in [3.8, 4) is 0 Å². The summed E-state index contributed by atoms with van der Waals surface area (Å²) in [5.41, 5.74) is 2.49. The van der Waals surface area contributed by atoms with E-state index in [1.54, 1.807) is 18.5 Å². The molecular weight excluding hydrogens is 212 g/mol. The molecule has 0 atom stereocenters. The molecule has 0 aliphatic heterocycles. The standard InChI is InChI=1S/C8H10N6S/c1-5-12-6(14-9)4-7(13-5)15-8-10-2-3-11-8/h2-4H,9H2,1H3,(H,10,11)(H,12,13,14). The van der Waals surface area contributed by atoms with Gasteiger partial charge in [0, 0.05) is 18.5 Å². The predicted molar refractivity (Wildman–Crippen MR) is 57.3 cm³/mol. The second kappa shape index (κ2) is 4.28. The molecule has 0 fully saturated rings. The maximum Gasteiger partial charge on any atom is 0.171 e. The fourth-order valence-corrected chi connectivity index (χ4v) is 1.86. The van der Waals surface area contributed by atoms with Gasteiger partial charge in [0.05, 0.1) is 0 Å². The fourth-order valence-electron chi connectivity index (χ4n) is 1.07. The second-order valence-corrected chi connectivity index (χ2v) is 3.79. The van der Waals surface area contributed by atoms with E-state index in [1.807, 2.05) is 6.92 Å². The number of aromatic nitrogens is 4. The Balaban J connectivity index is 2.24. The molecule has 2 aromatic rings. The van der Waals surface area contributed by atoms with Gasteiger partial charge in [-0.15, -0.1) is 0 Å². The van der Waals surface area contributed by atoms with E-state index in [9.17, 15) is 0 Å². The van der Waals surface area contributed by atoms with Crippen LogP contribution in [-0.4, -0.2) is 19.9 Å². The van der Waals surface area contributed by atoms with Crippen LogP contribution in [0.5, 0.6) is 0 Å². The van der Waals surface area contributed by atoms with Gasteiger partial charge in [-0.25, -0.2) is 20.8 Å². The molecule has 0 radical (unpaired) electrons. The van der Waals surface area contributed by atoms with E-state index in [4.69, 9.17) is 5.84 Å². The van der Waals surface area contributed by atoms with Crippen LogP contribution in [0.25, 0.3) is 0 Å². The van der Waals surface area contributed by atoms with Crippen molar-refractivity contribution in [2.24, 2.45) is 5.84 Å². The Hall–Kier alpha value is -1.60. The van der Waals surface area contributed by atoms with Crippen molar-refractivity contribution in [1.82, 2.24) is 19.9 Å². The topological polar surface area (TPSA) is 92.5 Å². The molecule has 78 valence electrons. The van der Waals surface area contributed by atoms with Crippen LogP contribution in [0.4, 0.5) is 5.82 Å². The average molecular weight is 222 g/mol. The third-order valence-electron chi connectivity index (χ3n) is 1.64. The number of nitrogens with zero attached hydrogens (tertiary/aromatic N) is 3. The number of nitrogens with one attached hydrogen (secondary N) is 2. The number of rotatable bonds is 3. The molecule has 0 aromatic carbocycles. The first-order valence-corrected chi connectivity index (χ1v) is 5.09. The van der Waals surface area contributed by atoms with E-state index >= 15 is 0 Å². The molecule has 2 rings (SSSR count). The van der Waals surface area contributed by atoms with Gasteiger partial charge in [0.2, 0.25) is 0 Å². The van der Waals surface area contributed by atoms with Crippen molar-refractivity contribution in [1.29, 1.82) is 0 Å². The van der Waals surface area contributed by atoms with E-state index in [-0.39, 0.29) is 0 Å². The highest BCUT2D eigenvalue weighted by Gasteiger charge is 2.04. The summed E-state index contributed by atoms with van der Waals surface area (Å²) in [4.78, 5) is 15.4. The minimum atomic E-state index is 0.594. The number of hydrogen-bond donors (Lipinski definition) is 3. The van der Waals surface area contributed by atoms with Crippen LogP contribution in [0.15, 0.2) is 28.6 Å². The van der Waals surface area contributed by atoms with Crippen molar-refractivity contribution in [2.45, 2.75) is 17.1 Å². The maximum atomic E-state index is 5.29. The zero-order valence-electron chi connectivity index (χ0n) is 8.06. The molecule has 0 aliphatic rings. The van der Waals surface area contributed by atoms with Gasteiger partial charge < -0.3 is 10.4 Å². The van der Waals surface area contributed by atoms with Crippen molar-refractivity contribution in [2.75, 3.05) is 5.43 Å². The number of nitrogens with two attached hydrogens (primary N) is 1. The number of hydrogen-bond acceptors (Lipinski definition) is 6. The number of nitrogen functional groups attached to an aromatic ring is 1. The summed E-state index contributed by atoms with van der Waals surface area (Å²) in [5.74, 6) is 6.55. The number of imidazole rings is 1. The Kier molecular flexibility index (Phi) is 2.84. The van der Waals surface area contributed by atoms with Gasteiger partial charge in [-0.3, -0.25) is 0 Å². The number of aromatic amines is 1. The summed E-state index contributed by atoms with van der Waals surface area (Å²) < 4.78 is 0. The molecule has 0 saturated heterocycles. The number of hydrazine groups is 1. The van der Waals surface area contributed by atoms with E-state index in [0.29, 0.717) is 11.6 Å². The molecule has 0 saturated carbocycles. The molecule has 0 spiro atoms. The average Bonchev–Trinajstić information content (AvgIpc) is 2.69. The van der Waals surface area contributed by atoms with Crippen LogP contribution in [0.3, 0.4) is 0 Å². The van der Waals surface area contributed by atoms with Gasteiger partial charge >= 0.3 is 0 Å². The molecule has 0 amide bonds. The molecule has 15 heavy (non-hydrogen) atoms. The SMILES string of the molecule is Cc1nc(NN)cc(Sc2ncc[nH]2)n1. The summed E-state index contributed by atoms with van der Waals surface area (Å²) in [6.07, 6.45) is 3.46. The lowest BCUT2D eigenvalue weighted by molar-refractivity contribution is 0.955. The molecule has 4 N–H and O–H groups in total. The van der Waals surface area contributed by atoms with Crippen LogP contribution >= 0.6 is 11.8 Å². The van der Waals surface area contributed by atoms with Crippen LogP contribution in [0, 0.1) is 6.92 Å². The monoisotopic (exact) mass is 222 g/mol. The van der Waals surface area contributed by atoms with E-state index in [0.717, 1.165) is 10.2 Å². The fraction of sp³-hybridized carbons (Fsp3) is 0.125. The highest BCUT2D eigenvalue weighted by molar-refractivity contribution is 7.99. The summed E-state index contributed by atoms with van der Waals surface area (Å²) >= 11 is 1.42. The minimum Gasteiger partial charge on any atom is -0.339 e. The van der Waals surface area contributed by atoms with E-state index < -0.39 is 0 Å². The van der Waals surface area contributed by atoms with Crippen LogP contribution in [0.2, 0.25) is 0 Å². The van der Waals surface area contributed by atoms with Crippen LogP contribution < -0.4 is 11.3 Å². The lowest BCUT2D eigenvalue weighted by Gasteiger charge is -2.03. The lowest BCUT2D eigenvalue weighted by atomic mass is 10.5. The van der Waals surface area contributed by atoms with Crippen molar-refractivity contribution in [3.05, 3.63) is 24.3 Å². The number of H-pyrrole nitrogens is 1. The molecule has 0 bridgehead atoms. The lowest BCUT2D eigenvalue weighted by Crippen LogP contribution is -2.09. The Morgan fingerprint density at radius 2 is 2.33 bits per heavy atom. The van der Waals surface area contributed by atoms with Crippen LogP contribution in [0.1, 0.15) is 5.82 Å². The molecule has 2 heterocycles. The van der Waals surface area contributed by atoms with Gasteiger partial charge in [0.1, 0.15) is 16.7 Å². The van der Waals surface area contributed by atoms with E-state index in [2.05, 4.69) is 25.4 Å². The van der Waals surface area contributed by atoms with Gasteiger partial charge in [-0.05, 0) is 18.7 Å². The summed E-state index contributed by atoms with van der Waals surface area (Å²) in [6.45, 7) is 1.81. The highest BCUT2D eigenvalue weighted by atomic mass is 32.2. The zero-order chi connectivity index (χ0) is 10.7. The highest BCUT2D eigenvalue weighted by Crippen LogP contribution is 2.23. The number of aryl methyl sites for hydroxylation is 1. The summed E-state index contributed by atoms with van der Waals surface area (Å²) in [7, 11) is 0. The maximum absolute atomic E-state index is 5.29. The van der Waals surface area contributed by atoms with Gasteiger partial charge in [-0.2, -0.15) is 0 Å². The van der Waals surface area contributed by atoms with Gasteiger partial charge in [0.15, 0.2) is 5.16 Å². The predicted octanol–water partition coefficient (Wildman–Crippen LogP) is 0.945. The first-order valence-electron chi connectivity index (χ1n) is 4.27. The Morgan fingerprint density at radius 3 is 3.00 bits per heavy atom. The van der Waals surface area contributed by atoms with Gasteiger partial charge in [-0.1, -0.05) is 0 Å². The van der Waals surface area contributed by atoms with Crippen molar-refractivity contribution >= 4 is 17.6 Å². The Bertz CT molecular complexity index is 440. The first kappa shape index (κ1) is 9.94. The van der Waals surface area contributed by atoms with Crippen molar-refractivity contribution in [3.63, 3.8) is 0 Å². The summed E-state index contributed by atoms with van der Waals surface area (Å²) in [6, 6.07) is 1.76. The van der Waals surface area contributed by atoms with Crippen molar-refractivity contribution < 1.29 is 0 Å². The first-order chi connectivity index (χ1) is 7.28. The minimum absolute atomic E-state index is 0.594. The Morgan fingerprint density at radius 1 is 1.47 bits per heavy atom. The molecule has 2 aromatic heterocycles.